The van der Waals surface area contributed by atoms with E-state index in [0.29, 0.717) is 17.0 Å². The van der Waals surface area contributed by atoms with Crippen LogP contribution in [-0.2, 0) is 6.54 Å². The zero-order valence-corrected chi connectivity index (χ0v) is 9.80. The summed E-state index contributed by atoms with van der Waals surface area (Å²) in [5.41, 5.74) is 6.38. The summed E-state index contributed by atoms with van der Waals surface area (Å²) < 4.78 is 5.15. The van der Waals surface area contributed by atoms with Gasteiger partial charge in [0.25, 0.3) is 5.91 Å². The molecule has 6 nitrogen and oxygen atoms in total. The van der Waals surface area contributed by atoms with Gasteiger partial charge in [0.2, 0.25) is 11.8 Å². The molecule has 2 rings (SSSR count). The van der Waals surface area contributed by atoms with Crippen LogP contribution in [0.3, 0.4) is 0 Å². The van der Waals surface area contributed by atoms with Gasteiger partial charge in [0.1, 0.15) is 5.75 Å². The Bertz CT molecular complexity index is 578. The molecule has 0 saturated carbocycles. The standard InChI is InChI=1S/C12H13N3O3/c1-7-2-3-8(4-9(7)16)12(17)15-11-6-14-10(5-13)18-11/h2-4,6,16H,5,13H2,1H3,(H,15,17). The minimum Gasteiger partial charge on any atom is -0.508 e. The monoisotopic (exact) mass is 247 g/mol. The second-order valence-electron chi connectivity index (χ2n) is 3.78. The Balaban J connectivity index is 2.14. The van der Waals surface area contributed by atoms with Crippen molar-refractivity contribution in [3.63, 3.8) is 0 Å². The molecule has 0 unspecified atom stereocenters. The number of benzene rings is 1. The third-order valence-electron chi connectivity index (χ3n) is 2.44. The van der Waals surface area contributed by atoms with Gasteiger partial charge in [-0.15, -0.1) is 0 Å². The number of amides is 1. The molecule has 1 aromatic heterocycles. The fraction of sp³-hybridized carbons (Fsp3) is 0.167. The first kappa shape index (κ1) is 12.1. The summed E-state index contributed by atoms with van der Waals surface area (Å²) in [6.07, 6.45) is 1.38. The Labute approximate surface area is 103 Å². The Morgan fingerprint density at radius 2 is 2.33 bits per heavy atom. The summed E-state index contributed by atoms with van der Waals surface area (Å²) in [4.78, 5) is 15.7. The highest BCUT2D eigenvalue weighted by molar-refractivity contribution is 6.03. The third-order valence-corrected chi connectivity index (χ3v) is 2.44. The maximum absolute atomic E-state index is 11.8. The number of carbonyl (C=O) groups is 1. The summed E-state index contributed by atoms with van der Waals surface area (Å²) in [6.45, 7) is 1.92. The molecule has 0 spiro atoms. The van der Waals surface area contributed by atoms with E-state index in [1.165, 1.54) is 12.3 Å². The van der Waals surface area contributed by atoms with Crippen molar-refractivity contribution in [2.45, 2.75) is 13.5 Å². The maximum Gasteiger partial charge on any atom is 0.258 e. The van der Waals surface area contributed by atoms with Gasteiger partial charge < -0.3 is 15.3 Å². The van der Waals surface area contributed by atoms with Crippen LogP contribution in [0.4, 0.5) is 5.88 Å². The number of oxazole rings is 1. The molecule has 0 aliphatic carbocycles. The maximum atomic E-state index is 11.8. The highest BCUT2D eigenvalue weighted by atomic mass is 16.4. The number of hydrogen-bond acceptors (Lipinski definition) is 5. The van der Waals surface area contributed by atoms with Gasteiger partial charge in [-0.05, 0) is 24.6 Å². The summed E-state index contributed by atoms with van der Waals surface area (Å²) >= 11 is 0. The van der Waals surface area contributed by atoms with E-state index in [0.717, 1.165) is 0 Å². The predicted octanol–water partition coefficient (Wildman–Crippen LogP) is 1.40. The molecule has 2 aromatic rings. The number of nitrogens with zero attached hydrogens (tertiary/aromatic N) is 1. The van der Waals surface area contributed by atoms with Crippen LogP contribution < -0.4 is 11.1 Å². The van der Waals surface area contributed by atoms with E-state index in [1.807, 2.05) is 0 Å². The second-order valence-corrected chi connectivity index (χ2v) is 3.78. The van der Waals surface area contributed by atoms with Crippen LogP contribution in [0.15, 0.2) is 28.8 Å². The molecule has 0 fully saturated rings. The molecular formula is C12H13N3O3. The lowest BCUT2D eigenvalue weighted by Gasteiger charge is -2.03. The van der Waals surface area contributed by atoms with Crippen molar-refractivity contribution in [2.75, 3.05) is 5.32 Å². The van der Waals surface area contributed by atoms with Crippen LogP contribution >= 0.6 is 0 Å². The van der Waals surface area contributed by atoms with Gasteiger partial charge in [-0.1, -0.05) is 6.07 Å². The molecule has 0 radical (unpaired) electrons. The van der Waals surface area contributed by atoms with E-state index in [1.54, 1.807) is 19.1 Å². The molecule has 0 saturated heterocycles. The van der Waals surface area contributed by atoms with Gasteiger partial charge in [0.15, 0.2) is 0 Å². The van der Waals surface area contributed by atoms with Crippen molar-refractivity contribution in [2.24, 2.45) is 5.73 Å². The first-order chi connectivity index (χ1) is 8.60. The summed E-state index contributed by atoms with van der Waals surface area (Å²) in [5.74, 6) is 0.255. The Kier molecular flexibility index (Phi) is 3.29. The van der Waals surface area contributed by atoms with E-state index in [-0.39, 0.29) is 24.1 Å². The normalized spacial score (nSPS) is 10.3. The zero-order chi connectivity index (χ0) is 13.1. The van der Waals surface area contributed by atoms with Crippen LogP contribution in [0.25, 0.3) is 0 Å². The number of rotatable bonds is 3. The number of hydrogen-bond donors (Lipinski definition) is 3. The number of aromatic hydroxyl groups is 1. The number of phenolic OH excluding ortho intramolecular Hbond substituents is 1. The SMILES string of the molecule is Cc1ccc(C(=O)Nc2cnc(CN)o2)cc1O. The topological polar surface area (TPSA) is 101 Å². The van der Waals surface area contributed by atoms with Crippen molar-refractivity contribution in [3.8, 4) is 5.75 Å². The van der Waals surface area contributed by atoms with E-state index >= 15 is 0 Å². The fourth-order valence-corrected chi connectivity index (χ4v) is 1.40. The molecule has 0 atom stereocenters. The second kappa shape index (κ2) is 4.89. The van der Waals surface area contributed by atoms with Crippen LogP contribution in [0.2, 0.25) is 0 Å². The third kappa shape index (κ3) is 2.49. The van der Waals surface area contributed by atoms with Gasteiger partial charge in [-0.25, -0.2) is 4.98 Å². The average molecular weight is 247 g/mol. The Morgan fingerprint density at radius 1 is 1.56 bits per heavy atom. The van der Waals surface area contributed by atoms with Crippen molar-refractivity contribution in [1.82, 2.24) is 4.98 Å². The summed E-state index contributed by atoms with van der Waals surface area (Å²) in [7, 11) is 0. The smallest absolute Gasteiger partial charge is 0.258 e. The highest BCUT2D eigenvalue weighted by Gasteiger charge is 2.10. The molecule has 0 aliphatic rings. The van der Waals surface area contributed by atoms with Crippen molar-refractivity contribution in [1.29, 1.82) is 0 Å². The van der Waals surface area contributed by atoms with Crippen molar-refractivity contribution in [3.05, 3.63) is 41.4 Å². The van der Waals surface area contributed by atoms with E-state index in [2.05, 4.69) is 10.3 Å². The van der Waals surface area contributed by atoms with Gasteiger partial charge in [0.05, 0.1) is 12.7 Å². The molecule has 1 heterocycles. The zero-order valence-electron chi connectivity index (χ0n) is 9.80. The highest BCUT2D eigenvalue weighted by Crippen LogP contribution is 2.18. The number of nitrogens with one attached hydrogen (secondary N) is 1. The number of phenols is 1. The van der Waals surface area contributed by atoms with Gasteiger partial charge in [-0.3, -0.25) is 10.1 Å². The largest absolute Gasteiger partial charge is 0.508 e. The number of nitrogens with two attached hydrogens (primary N) is 1. The molecule has 94 valence electrons. The lowest BCUT2D eigenvalue weighted by Crippen LogP contribution is -2.11. The van der Waals surface area contributed by atoms with Crippen LogP contribution in [0.5, 0.6) is 5.75 Å². The average Bonchev–Trinajstić information content (AvgIpc) is 2.80. The van der Waals surface area contributed by atoms with Crippen molar-refractivity contribution >= 4 is 11.8 Å². The van der Waals surface area contributed by atoms with E-state index in [9.17, 15) is 9.90 Å². The van der Waals surface area contributed by atoms with Gasteiger partial charge >= 0.3 is 0 Å². The lowest BCUT2D eigenvalue weighted by molar-refractivity contribution is 0.102. The Hall–Kier alpha value is -2.34. The molecular weight excluding hydrogens is 234 g/mol. The van der Waals surface area contributed by atoms with E-state index < -0.39 is 0 Å². The van der Waals surface area contributed by atoms with Gasteiger partial charge in [0, 0.05) is 5.56 Å². The summed E-state index contributed by atoms with van der Waals surface area (Å²) in [6, 6.07) is 4.67. The molecule has 0 bridgehead atoms. The minimum atomic E-state index is -0.384. The molecule has 6 heteroatoms. The molecule has 18 heavy (non-hydrogen) atoms. The Morgan fingerprint density at radius 3 is 2.94 bits per heavy atom. The van der Waals surface area contributed by atoms with Gasteiger partial charge in [-0.2, -0.15) is 0 Å². The number of aromatic nitrogens is 1. The van der Waals surface area contributed by atoms with Crippen LogP contribution in [-0.4, -0.2) is 16.0 Å². The number of carbonyl (C=O) groups excluding carboxylic acids is 1. The first-order valence-corrected chi connectivity index (χ1v) is 5.36. The number of aryl methyl sites for hydroxylation is 1. The first-order valence-electron chi connectivity index (χ1n) is 5.36. The summed E-state index contributed by atoms with van der Waals surface area (Å²) in [5, 5.41) is 12.0. The van der Waals surface area contributed by atoms with E-state index in [4.69, 9.17) is 10.2 Å². The van der Waals surface area contributed by atoms with Crippen molar-refractivity contribution < 1.29 is 14.3 Å². The quantitative estimate of drug-likeness (QED) is 0.761. The molecule has 1 aromatic carbocycles. The molecule has 1 amide bonds. The molecule has 4 N–H and O–H groups in total. The fourth-order valence-electron chi connectivity index (χ4n) is 1.40. The van der Waals surface area contributed by atoms with Crippen LogP contribution in [0, 0.1) is 6.92 Å². The minimum absolute atomic E-state index is 0.0721. The van der Waals surface area contributed by atoms with Crippen LogP contribution in [0.1, 0.15) is 21.8 Å². The molecule has 0 aliphatic heterocycles. The number of anilines is 1. The lowest BCUT2D eigenvalue weighted by atomic mass is 10.1. The predicted molar refractivity (Wildman–Crippen MR) is 65.2 cm³/mol.